The lowest BCUT2D eigenvalue weighted by Gasteiger charge is -2.36. The van der Waals surface area contributed by atoms with E-state index in [1.165, 1.54) is 21.7 Å². The van der Waals surface area contributed by atoms with Crippen LogP contribution < -0.4 is 4.90 Å². The minimum absolute atomic E-state index is 0.188. The lowest BCUT2D eigenvalue weighted by atomic mass is 10.1. The van der Waals surface area contributed by atoms with E-state index in [0.29, 0.717) is 6.73 Å². The molecule has 0 radical (unpaired) electrons. The van der Waals surface area contributed by atoms with Crippen molar-refractivity contribution >= 4 is 22.8 Å². The highest BCUT2D eigenvalue weighted by atomic mass is 32.1. The van der Waals surface area contributed by atoms with Crippen LogP contribution >= 0.6 is 11.3 Å². The zero-order valence-electron chi connectivity index (χ0n) is 14.5. The fraction of sp³-hybridized carbons (Fsp3) is 0.182. The molecule has 25 heavy (non-hydrogen) atoms. The van der Waals surface area contributed by atoms with Crippen LogP contribution in [0.4, 0.5) is 5.69 Å². The van der Waals surface area contributed by atoms with Crippen molar-refractivity contribution in [3.63, 3.8) is 0 Å². The van der Waals surface area contributed by atoms with Crippen LogP contribution in [0.3, 0.4) is 0 Å². The molecule has 3 heteroatoms. The van der Waals surface area contributed by atoms with Crippen molar-refractivity contribution in [2.75, 3.05) is 11.6 Å². The molecule has 0 saturated heterocycles. The van der Waals surface area contributed by atoms with E-state index in [2.05, 4.69) is 90.9 Å². The first-order valence-corrected chi connectivity index (χ1v) is 9.37. The smallest absolute Gasteiger partial charge is 0.162 e. The zero-order chi connectivity index (χ0) is 17.2. The second-order valence-electron chi connectivity index (χ2n) is 6.44. The Bertz CT molecular complexity index is 863. The first-order chi connectivity index (χ1) is 12.2. The lowest BCUT2D eigenvalue weighted by Crippen LogP contribution is -2.32. The quantitative estimate of drug-likeness (QED) is 0.581. The predicted molar refractivity (Wildman–Crippen MR) is 106 cm³/mol. The van der Waals surface area contributed by atoms with Crippen molar-refractivity contribution in [2.45, 2.75) is 19.9 Å². The van der Waals surface area contributed by atoms with Gasteiger partial charge in [0.25, 0.3) is 0 Å². The van der Waals surface area contributed by atoms with Gasteiger partial charge in [0.05, 0.1) is 6.04 Å². The van der Waals surface area contributed by atoms with Gasteiger partial charge in [0.2, 0.25) is 0 Å². The van der Waals surface area contributed by atoms with Crippen LogP contribution in [0.5, 0.6) is 0 Å². The molecule has 0 fully saturated rings. The number of benzene rings is 2. The van der Waals surface area contributed by atoms with E-state index in [9.17, 15) is 0 Å². The molecule has 1 aromatic heterocycles. The Kier molecular flexibility index (Phi) is 4.33. The normalized spacial score (nSPS) is 17.1. The van der Waals surface area contributed by atoms with E-state index in [1.807, 2.05) is 0 Å². The van der Waals surface area contributed by atoms with Crippen LogP contribution in [-0.4, -0.2) is 6.73 Å². The average molecular weight is 347 g/mol. The van der Waals surface area contributed by atoms with Gasteiger partial charge >= 0.3 is 0 Å². The Morgan fingerprint density at radius 2 is 1.60 bits per heavy atom. The minimum Gasteiger partial charge on any atom is -0.473 e. The van der Waals surface area contributed by atoms with E-state index >= 15 is 0 Å². The third-order valence-electron chi connectivity index (χ3n) is 4.54. The third-order valence-corrected chi connectivity index (χ3v) is 5.48. The summed E-state index contributed by atoms with van der Waals surface area (Å²) in [6.07, 6.45) is 2.24. The van der Waals surface area contributed by atoms with Crippen LogP contribution in [0.1, 0.15) is 27.6 Å². The van der Waals surface area contributed by atoms with Gasteiger partial charge in [-0.05, 0) is 43.5 Å². The Hall–Kier alpha value is -2.52. The SMILES string of the molecule is Cc1ccc(C2=CC(c3cccs3)N(c3ccc(C)cc3)CO2)cc1. The number of thiophene rings is 1. The summed E-state index contributed by atoms with van der Waals surface area (Å²) in [5.41, 5.74) is 4.85. The largest absolute Gasteiger partial charge is 0.473 e. The highest BCUT2D eigenvalue weighted by Crippen LogP contribution is 2.37. The number of anilines is 1. The maximum Gasteiger partial charge on any atom is 0.162 e. The van der Waals surface area contributed by atoms with Gasteiger partial charge in [-0.25, -0.2) is 0 Å². The molecular formula is C22H21NOS. The van der Waals surface area contributed by atoms with Gasteiger partial charge in [-0.2, -0.15) is 0 Å². The summed E-state index contributed by atoms with van der Waals surface area (Å²) < 4.78 is 6.12. The molecule has 0 saturated carbocycles. The summed E-state index contributed by atoms with van der Waals surface area (Å²) in [5, 5.41) is 2.14. The van der Waals surface area contributed by atoms with Gasteiger partial charge < -0.3 is 9.64 Å². The van der Waals surface area contributed by atoms with Gasteiger partial charge in [-0.15, -0.1) is 11.3 Å². The Labute approximate surface area is 153 Å². The second-order valence-corrected chi connectivity index (χ2v) is 7.42. The molecule has 2 nitrogen and oxygen atoms in total. The van der Waals surface area contributed by atoms with E-state index in [-0.39, 0.29) is 6.04 Å². The molecule has 0 N–H and O–H groups in total. The highest BCUT2D eigenvalue weighted by molar-refractivity contribution is 7.10. The minimum atomic E-state index is 0.188. The number of hydrogen-bond acceptors (Lipinski definition) is 3. The average Bonchev–Trinajstić information content (AvgIpc) is 3.17. The summed E-state index contributed by atoms with van der Waals surface area (Å²) in [4.78, 5) is 3.64. The highest BCUT2D eigenvalue weighted by Gasteiger charge is 2.26. The first kappa shape index (κ1) is 16.0. The van der Waals surface area contributed by atoms with Crippen LogP contribution in [0.15, 0.2) is 72.1 Å². The fourth-order valence-electron chi connectivity index (χ4n) is 3.06. The number of nitrogens with zero attached hydrogens (tertiary/aromatic N) is 1. The Balaban J connectivity index is 1.72. The monoisotopic (exact) mass is 347 g/mol. The molecule has 0 aliphatic carbocycles. The van der Waals surface area contributed by atoms with Crippen LogP contribution in [0.25, 0.3) is 5.76 Å². The van der Waals surface area contributed by atoms with E-state index in [4.69, 9.17) is 4.74 Å². The van der Waals surface area contributed by atoms with Crippen molar-refractivity contribution in [3.8, 4) is 0 Å². The molecular weight excluding hydrogens is 326 g/mol. The standard InChI is InChI=1S/C22H21NOS/c1-16-5-9-18(10-6-16)21-14-20(22-4-3-13-25-22)23(15-24-21)19-11-7-17(2)8-12-19/h3-14,20H,15H2,1-2H3. The molecule has 0 spiro atoms. The van der Waals surface area contributed by atoms with Crippen LogP contribution in [-0.2, 0) is 4.74 Å². The van der Waals surface area contributed by atoms with Crippen molar-refractivity contribution in [2.24, 2.45) is 0 Å². The van der Waals surface area contributed by atoms with E-state index in [1.54, 1.807) is 11.3 Å². The number of ether oxygens (including phenoxy) is 1. The van der Waals surface area contributed by atoms with Crippen molar-refractivity contribution < 1.29 is 4.74 Å². The van der Waals surface area contributed by atoms with Gasteiger partial charge in [-0.1, -0.05) is 53.6 Å². The van der Waals surface area contributed by atoms with E-state index < -0.39 is 0 Å². The number of aryl methyl sites for hydroxylation is 2. The summed E-state index contributed by atoms with van der Waals surface area (Å²) >= 11 is 1.79. The van der Waals surface area contributed by atoms with Crippen molar-refractivity contribution in [1.82, 2.24) is 0 Å². The zero-order valence-corrected chi connectivity index (χ0v) is 15.3. The van der Waals surface area contributed by atoms with Gasteiger partial charge in [0, 0.05) is 16.1 Å². The molecule has 0 amide bonds. The van der Waals surface area contributed by atoms with Crippen molar-refractivity contribution in [3.05, 3.63) is 93.7 Å². The summed E-state index contributed by atoms with van der Waals surface area (Å²) in [6, 6.07) is 21.7. The molecule has 1 aliphatic heterocycles. The van der Waals surface area contributed by atoms with Gasteiger partial charge in [0.1, 0.15) is 5.76 Å². The predicted octanol–water partition coefficient (Wildman–Crippen LogP) is 5.94. The fourth-order valence-corrected chi connectivity index (χ4v) is 3.87. The van der Waals surface area contributed by atoms with Gasteiger partial charge in [0.15, 0.2) is 6.73 Å². The second kappa shape index (κ2) is 6.77. The molecule has 4 rings (SSSR count). The van der Waals surface area contributed by atoms with Crippen LogP contribution in [0, 0.1) is 13.8 Å². The number of hydrogen-bond donors (Lipinski definition) is 0. The molecule has 1 atom stereocenters. The molecule has 1 aliphatic rings. The molecule has 0 bridgehead atoms. The Morgan fingerprint density at radius 3 is 2.24 bits per heavy atom. The first-order valence-electron chi connectivity index (χ1n) is 8.49. The maximum atomic E-state index is 6.12. The Morgan fingerprint density at radius 1 is 0.920 bits per heavy atom. The molecule has 1 unspecified atom stereocenters. The van der Waals surface area contributed by atoms with Gasteiger partial charge in [-0.3, -0.25) is 0 Å². The summed E-state index contributed by atoms with van der Waals surface area (Å²) in [7, 11) is 0. The molecule has 126 valence electrons. The molecule has 2 heterocycles. The topological polar surface area (TPSA) is 12.5 Å². The summed E-state index contributed by atoms with van der Waals surface area (Å²) in [5.74, 6) is 0.960. The lowest BCUT2D eigenvalue weighted by molar-refractivity contribution is 0.252. The van der Waals surface area contributed by atoms with Crippen LogP contribution in [0.2, 0.25) is 0 Å². The molecule has 2 aromatic carbocycles. The van der Waals surface area contributed by atoms with Crippen molar-refractivity contribution in [1.29, 1.82) is 0 Å². The maximum absolute atomic E-state index is 6.12. The molecule has 3 aromatic rings. The summed E-state index contributed by atoms with van der Waals surface area (Å²) in [6.45, 7) is 4.77. The third kappa shape index (κ3) is 3.33. The van der Waals surface area contributed by atoms with E-state index in [0.717, 1.165) is 11.3 Å². The number of rotatable bonds is 3.